The van der Waals surface area contributed by atoms with Gasteiger partial charge in [-0.05, 0) is 55.6 Å². The first-order valence-electron chi connectivity index (χ1n) is 9.77. The molecule has 1 aliphatic heterocycles. The molecule has 1 aromatic rings. The Morgan fingerprint density at radius 3 is 2.59 bits per heavy atom. The standard InChI is InChI=1S/C21H29N3O3/c1-13(2)16-7-5-6-15(4)18(16)22-17(25)12-24-19(26)21(23-20(24)27)10-8-14(3)9-11-21/h5-7,13-14H,8-12H2,1-4H3,(H,22,25)(H,23,27). The van der Waals surface area contributed by atoms with Crippen LogP contribution in [0.3, 0.4) is 0 Å². The lowest BCUT2D eigenvalue weighted by molar-refractivity contribution is -0.135. The lowest BCUT2D eigenvalue weighted by atomic mass is 9.77. The van der Waals surface area contributed by atoms with Gasteiger partial charge in [0.1, 0.15) is 12.1 Å². The van der Waals surface area contributed by atoms with Crippen LogP contribution in [-0.2, 0) is 9.59 Å². The van der Waals surface area contributed by atoms with Gasteiger partial charge < -0.3 is 10.6 Å². The molecule has 0 aromatic heterocycles. The number of aryl methyl sites for hydroxylation is 1. The highest BCUT2D eigenvalue weighted by molar-refractivity contribution is 6.10. The second-order valence-corrected chi connectivity index (χ2v) is 8.33. The topological polar surface area (TPSA) is 78.5 Å². The van der Waals surface area contributed by atoms with Gasteiger partial charge in [-0.2, -0.15) is 0 Å². The highest BCUT2D eigenvalue weighted by Gasteiger charge is 2.52. The summed E-state index contributed by atoms with van der Waals surface area (Å²) in [6, 6.07) is 5.43. The Bertz CT molecular complexity index is 764. The van der Waals surface area contributed by atoms with Gasteiger partial charge in [0, 0.05) is 5.69 Å². The fourth-order valence-electron chi connectivity index (χ4n) is 4.08. The second kappa shape index (κ2) is 7.33. The maximum absolute atomic E-state index is 12.9. The predicted molar refractivity (Wildman–Crippen MR) is 105 cm³/mol. The molecule has 1 heterocycles. The molecule has 6 heteroatoms. The quantitative estimate of drug-likeness (QED) is 0.795. The van der Waals surface area contributed by atoms with E-state index in [1.807, 2.05) is 25.1 Å². The van der Waals surface area contributed by atoms with Crippen LogP contribution in [0.15, 0.2) is 18.2 Å². The van der Waals surface area contributed by atoms with E-state index in [-0.39, 0.29) is 24.3 Å². The molecule has 4 amide bonds. The number of hydrogen-bond acceptors (Lipinski definition) is 3. The largest absolute Gasteiger partial charge is 0.325 e. The molecule has 0 radical (unpaired) electrons. The monoisotopic (exact) mass is 371 g/mol. The normalized spacial score (nSPS) is 25.2. The van der Waals surface area contributed by atoms with Crippen molar-refractivity contribution in [3.8, 4) is 0 Å². The zero-order valence-corrected chi connectivity index (χ0v) is 16.6. The Labute approximate surface area is 160 Å². The second-order valence-electron chi connectivity index (χ2n) is 8.33. The molecule has 3 rings (SSSR count). The van der Waals surface area contributed by atoms with E-state index in [0.717, 1.165) is 34.6 Å². The molecule has 1 aromatic carbocycles. The van der Waals surface area contributed by atoms with Crippen LogP contribution in [0.2, 0.25) is 0 Å². The molecule has 0 atom stereocenters. The Morgan fingerprint density at radius 1 is 1.30 bits per heavy atom. The molecule has 1 spiro atoms. The van der Waals surface area contributed by atoms with Crippen molar-refractivity contribution in [2.24, 2.45) is 5.92 Å². The number of nitrogens with one attached hydrogen (secondary N) is 2. The summed E-state index contributed by atoms with van der Waals surface area (Å²) in [5.41, 5.74) is 1.96. The molecular formula is C21H29N3O3. The number of hydrogen-bond donors (Lipinski definition) is 2. The number of carbonyl (C=O) groups is 3. The first kappa shape index (κ1) is 19.4. The van der Waals surface area contributed by atoms with Crippen LogP contribution in [0.1, 0.15) is 63.5 Å². The van der Waals surface area contributed by atoms with Crippen LogP contribution in [0.25, 0.3) is 0 Å². The number of anilines is 1. The van der Waals surface area contributed by atoms with Crippen LogP contribution in [-0.4, -0.2) is 34.8 Å². The van der Waals surface area contributed by atoms with E-state index in [0.29, 0.717) is 18.8 Å². The minimum absolute atomic E-state index is 0.254. The van der Waals surface area contributed by atoms with Crippen LogP contribution in [0.4, 0.5) is 10.5 Å². The molecule has 27 heavy (non-hydrogen) atoms. The van der Waals surface area contributed by atoms with E-state index in [1.165, 1.54) is 0 Å². The molecule has 2 aliphatic rings. The smallest absolute Gasteiger partial charge is 0.324 e. The van der Waals surface area contributed by atoms with Gasteiger partial charge in [0.15, 0.2) is 0 Å². The fraction of sp³-hybridized carbons (Fsp3) is 0.571. The van der Waals surface area contributed by atoms with E-state index in [9.17, 15) is 14.4 Å². The van der Waals surface area contributed by atoms with Gasteiger partial charge >= 0.3 is 6.03 Å². The van der Waals surface area contributed by atoms with Gasteiger partial charge in [0.2, 0.25) is 5.91 Å². The van der Waals surface area contributed by atoms with Crippen molar-refractivity contribution < 1.29 is 14.4 Å². The Balaban J connectivity index is 1.72. The molecule has 0 unspecified atom stereocenters. The molecule has 6 nitrogen and oxygen atoms in total. The number of benzene rings is 1. The SMILES string of the molecule is Cc1cccc(C(C)C)c1NC(=O)CN1C(=O)NC2(CCC(C)CC2)C1=O. The molecule has 0 bridgehead atoms. The van der Waals surface area contributed by atoms with Crippen molar-refractivity contribution in [1.82, 2.24) is 10.2 Å². The van der Waals surface area contributed by atoms with Crippen molar-refractivity contribution >= 4 is 23.5 Å². The van der Waals surface area contributed by atoms with Crippen molar-refractivity contribution in [3.05, 3.63) is 29.3 Å². The zero-order valence-electron chi connectivity index (χ0n) is 16.6. The van der Waals surface area contributed by atoms with Crippen LogP contribution >= 0.6 is 0 Å². The zero-order chi connectivity index (χ0) is 19.8. The van der Waals surface area contributed by atoms with Crippen molar-refractivity contribution in [3.63, 3.8) is 0 Å². The Kier molecular flexibility index (Phi) is 5.27. The number of para-hydroxylation sites is 1. The van der Waals surface area contributed by atoms with Gasteiger partial charge in [-0.3, -0.25) is 14.5 Å². The molecule has 1 saturated heterocycles. The van der Waals surface area contributed by atoms with Gasteiger partial charge in [-0.25, -0.2) is 4.79 Å². The van der Waals surface area contributed by atoms with E-state index in [2.05, 4.69) is 31.4 Å². The summed E-state index contributed by atoms with van der Waals surface area (Å²) < 4.78 is 0. The van der Waals surface area contributed by atoms with E-state index in [1.54, 1.807) is 0 Å². The number of urea groups is 1. The maximum atomic E-state index is 12.9. The summed E-state index contributed by atoms with van der Waals surface area (Å²) in [7, 11) is 0. The van der Waals surface area contributed by atoms with Crippen molar-refractivity contribution in [2.45, 2.75) is 64.8 Å². The first-order valence-corrected chi connectivity index (χ1v) is 9.77. The summed E-state index contributed by atoms with van der Waals surface area (Å²) in [6.45, 7) is 7.97. The molecule has 2 fully saturated rings. The Hall–Kier alpha value is -2.37. The summed E-state index contributed by atoms with van der Waals surface area (Å²) in [5.74, 6) is 0.206. The number of nitrogens with zero attached hydrogens (tertiary/aromatic N) is 1. The van der Waals surface area contributed by atoms with Crippen LogP contribution in [0, 0.1) is 12.8 Å². The van der Waals surface area contributed by atoms with Gasteiger partial charge in [-0.15, -0.1) is 0 Å². The lowest BCUT2D eigenvalue weighted by Crippen LogP contribution is -2.49. The van der Waals surface area contributed by atoms with E-state index < -0.39 is 11.6 Å². The number of carbonyl (C=O) groups excluding carboxylic acids is 3. The summed E-state index contributed by atoms with van der Waals surface area (Å²) in [4.78, 5) is 39.0. The summed E-state index contributed by atoms with van der Waals surface area (Å²) in [6.07, 6.45) is 3.11. The highest BCUT2D eigenvalue weighted by Crippen LogP contribution is 2.36. The third kappa shape index (κ3) is 3.70. The number of amides is 4. The number of rotatable bonds is 4. The summed E-state index contributed by atoms with van der Waals surface area (Å²) >= 11 is 0. The van der Waals surface area contributed by atoms with Gasteiger partial charge in [0.25, 0.3) is 5.91 Å². The number of imide groups is 1. The highest BCUT2D eigenvalue weighted by atomic mass is 16.2. The molecule has 1 aliphatic carbocycles. The molecule has 146 valence electrons. The van der Waals surface area contributed by atoms with Crippen molar-refractivity contribution in [1.29, 1.82) is 0 Å². The summed E-state index contributed by atoms with van der Waals surface area (Å²) in [5, 5.41) is 5.77. The molecular weight excluding hydrogens is 342 g/mol. The van der Waals surface area contributed by atoms with Gasteiger partial charge in [0.05, 0.1) is 0 Å². The predicted octanol–water partition coefficient (Wildman–Crippen LogP) is 3.56. The average Bonchev–Trinajstić information content (AvgIpc) is 2.83. The van der Waals surface area contributed by atoms with Crippen molar-refractivity contribution in [2.75, 3.05) is 11.9 Å². The third-order valence-electron chi connectivity index (χ3n) is 5.87. The van der Waals surface area contributed by atoms with E-state index in [4.69, 9.17) is 0 Å². The lowest BCUT2D eigenvalue weighted by Gasteiger charge is -2.33. The van der Waals surface area contributed by atoms with Gasteiger partial charge in [-0.1, -0.05) is 39.0 Å². The molecule has 1 saturated carbocycles. The van der Waals surface area contributed by atoms with Crippen LogP contribution < -0.4 is 10.6 Å². The minimum Gasteiger partial charge on any atom is -0.324 e. The first-order chi connectivity index (χ1) is 12.7. The third-order valence-corrected chi connectivity index (χ3v) is 5.87. The maximum Gasteiger partial charge on any atom is 0.325 e. The van der Waals surface area contributed by atoms with Crippen LogP contribution in [0.5, 0.6) is 0 Å². The van der Waals surface area contributed by atoms with E-state index >= 15 is 0 Å². The minimum atomic E-state index is -0.810. The Morgan fingerprint density at radius 2 is 1.96 bits per heavy atom. The average molecular weight is 371 g/mol. The fourth-order valence-corrected chi connectivity index (χ4v) is 4.08. The molecule has 2 N–H and O–H groups in total.